The molecule has 1 atom stereocenters. The number of amides is 1. The molecule has 1 aliphatic heterocycles. The van der Waals surface area contributed by atoms with Gasteiger partial charge in [-0.15, -0.1) is 0 Å². The molecule has 1 unspecified atom stereocenters. The summed E-state index contributed by atoms with van der Waals surface area (Å²) in [7, 11) is 0. The fourth-order valence-electron chi connectivity index (χ4n) is 3.53. The number of carboxylic acid groups (broad SMARTS) is 1. The molecule has 0 bridgehead atoms. The first-order chi connectivity index (χ1) is 15.1. The van der Waals surface area contributed by atoms with Gasteiger partial charge < -0.3 is 5.11 Å². The van der Waals surface area contributed by atoms with Gasteiger partial charge in [-0.3, -0.25) is 14.6 Å². The molecule has 0 fully saturated rings. The van der Waals surface area contributed by atoms with Gasteiger partial charge >= 0.3 is 5.97 Å². The van der Waals surface area contributed by atoms with Crippen LogP contribution in [0.25, 0.3) is 10.9 Å². The molecule has 0 radical (unpaired) electrons. The molecule has 152 valence electrons. The molecule has 5 nitrogen and oxygen atoms in total. The van der Waals surface area contributed by atoms with Gasteiger partial charge in [0.2, 0.25) is 0 Å². The second-order valence-corrected chi connectivity index (χ2v) is 7.14. The van der Waals surface area contributed by atoms with E-state index in [0.717, 1.165) is 27.7 Å². The molecule has 2 heterocycles. The molecule has 1 N–H and O–H groups in total. The van der Waals surface area contributed by atoms with Crippen LogP contribution in [-0.2, 0) is 4.79 Å². The average molecular weight is 408 g/mol. The summed E-state index contributed by atoms with van der Waals surface area (Å²) in [6, 6.07) is 28.8. The molecular weight excluding hydrogens is 388 g/mol. The lowest BCUT2D eigenvalue weighted by Gasteiger charge is -2.15. The van der Waals surface area contributed by atoms with Crippen LogP contribution < -0.4 is 0 Å². The molecule has 5 rings (SSSR count). The number of aromatic nitrogens is 1. The number of para-hydroxylation sites is 1. The number of aliphatic carboxylic acids is 1. The predicted octanol–water partition coefficient (Wildman–Crippen LogP) is 5.10. The lowest BCUT2D eigenvalue weighted by Crippen LogP contribution is -2.09. The first-order valence-corrected chi connectivity index (χ1v) is 9.91. The number of carbonyl (C=O) groups excluding carboxylic acids is 1. The quantitative estimate of drug-likeness (QED) is 0.509. The molecule has 0 saturated heterocycles. The van der Waals surface area contributed by atoms with E-state index in [2.05, 4.69) is 9.98 Å². The van der Waals surface area contributed by atoms with Gasteiger partial charge in [0.05, 0.1) is 17.5 Å². The predicted molar refractivity (Wildman–Crippen MR) is 121 cm³/mol. The van der Waals surface area contributed by atoms with E-state index in [-0.39, 0.29) is 18.2 Å². The van der Waals surface area contributed by atoms with Crippen LogP contribution in [0, 0.1) is 0 Å². The fraction of sp³-hybridized carbons (Fsp3) is 0.0769. The summed E-state index contributed by atoms with van der Waals surface area (Å²) in [5, 5.41) is 10.3. The molecule has 1 amide bonds. The van der Waals surface area contributed by atoms with Crippen molar-refractivity contribution in [2.45, 2.75) is 12.3 Å². The van der Waals surface area contributed by atoms with Gasteiger partial charge in [-0.1, -0.05) is 72.8 Å². The lowest BCUT2D eigenvalue weighted by molar-refractivity contribution is -0.137. The highest BCUT2D eigenvalue weighted by molar-refractivity contribution is 6.12. The third-order valence-corrected chi connectivity index (χ3v) is 5.07. The highest BCUT2D eigenvalue weighted by Crippen LogP contribution is 2.28. The number of carbonyl (C=O) groups is 2. The van der Waals surface area contributed by atoms with Crippen molar-refractivity contribution in [2.75, 3.05) is 0 Å². The largest absolute Gasteiger partial charge is 0.481 e. The van der Waals surface area contributed by atoms with Crippen molar-refractivity contribution < 1.29 is 14.7 Å². The third-order valence-electron chi connectivity index (χ3n) is 5.07. The summed E-state index contributed by atoms with van der Waals surface area (Å²) in [6.45, 7) is 0. The summed E-state index contributed by atoms with van der Waals surface area (Å²) < 4.78 is 0. The van der Waals surface area contributed by atoms with Crippen molar-refractivity contribution in [3.8, 4) is 0 Å². The van der Waals surface area contributed by atoms with Crippen molar-refractivity contribution >= 4 is 29.0 Å². The maximum Gasteiger partial charge on any atom is 0.304 e. The van der Waals surface area contributed by atoms with Crippen LogP contribution in [0.4, 0.5) is 0 Å². The number of aliphatic imine (C=N–C) groups is 1. The minimum absolute atomic E-state index is 0.0371. The second kappa shape index (κ2) is 9.13. The Bertz CT molecular complexity index is 1270. The minimum atomic E-state index is -0.821. The number of fused-ring (bicyclic) bond motifs is 2. The van der Waals surface area contributed by atoms with Crippen molar-refractivity contribution in [2.24, 2.45) is 4.99 Å². The fourth-order valence-corrected chi connectivity index (χ4v) is 3.53. The van der Waals surface area contributed by atoms with Crippen LogP contribution in [0.5, 0.6) is 0 Å². The van der Waals surface area contributed by atoms with E-state index in [9.17, 15) is 14.7 Å². The smallest absolute Gasteiger partial charge is 0.304 e. The summed E-state index contributed by atoms with van der Waals surface area (Å²) in [6.07, 6.45) is 1.63. The van der Waals surface area contributed by atoms with Crippen LogP contribution in [0.1, 0.15) is 39.5 Å². The van der Waals surface area contributed by atoms with Crippen LogP contribution in [0.15, 0.2) is 96.0 Å². The highest BCUT2D eigenvalue weighted by atomic mass is 16.4. The van der Waals surface area contributed by atoms with Crippen molar-refractivity contribution in [3.63, 3.8) is 0 Å². The first-order valence-electron chi connectivity index (χ1n) is 9.91. The summed E-state index contributed by atoms with van der Waals surface area (Å²) in [5.74, 6) is -1.18. The Morgan fingerprint density at radius 2 is 1.55 bits per heavy atom. The van der Waals surface area contributed by atoms with E-state index < -0.39 is 5.97 Å². The van der Waals surface area contributed by atoms with Gasteiger partial charge in [0.15, 0.2) is 0 Å². The van der Waals surface area contributed by atoms with E-state index in [0.29, 0.717) is 5.56 Å². The SMILES string of the molecule is O=C(O)CC(c1ccccc1)c1ccc2ccccc2n1.O=C1N=Cc2ccccc21. The summed E-state index contributed by atoms with van der Waals surface area (Å²) in [5.41, 5.74) is 4.29. The zero-order valence-corrected chi connectivity index (χ0v) is 16.7. The van der Waals surface area contributed by atoms with Gasteiger partial charge in [0, 0.05) is 28.8 Å². The van der Waals surface area contributed by atoms with Crippen LogP contribution in [0.2, 0.25) is 0 Å². The lowest BCUT2D eigenvalue weighted by atomic mass is 9.92. The zero-order valence-electron chi connectivity index (χ0n) is 16.7. The summed E-state index contributed by atoms with van der Waals surface area (Å²) in [4.78, 5) is 30.3. The average Bonchev–Trinajstić information content (AvgIpc) is 3.19. The molecular formula is C26H20N2O3. The monoisotopic (exact) mass is 408 g/mol. The van der Waals surface area contributed by atoms with E-state index >= 15 is 0 Å². The Labute approximate surface area is 179 Å². The van der Waals surface area contributed by atoms with Gasteiger partial charge in [-0.25, -0.2) is 4.99 Å². The molecule has 4 aromatic rings. The molecule has 5 heteroatoms. The molecule has 0 spiro atoms. The second-order valence-electron chi connectivity index (χ2n) is 7.14. The molecule has 31 heavy (non-hydrogen) atoms. The zero-order chi connectivity index (χ0) is 21.6. The maximum atomic E-state index is 11.2. The van der Waals surface area contributed by atoms with Gasteiger partial charge in [0.25, 0.3) is 5.91 Å². The Morgan fingerprint density at radius 1 is 0.839 bits per heavy atom. The van der Waals surface area contributed by atoms with Crippen LogP contribution >= 0.6 is 0 Å². The Hall–Kier alpha value is -4.12. The van der Waals surface area contributed by atoms with Crippen molar-refractivity contribution in [3.05, 3.63) is 113 Å². The standard InChI is InChI=1S/C18H15NO2.C8H5NO/c20-18(21)12-15(13-6-2-1-3-7-13)17-11-10-14-8-4-5-9-16(14)19-17;10-8-7-4-2-1-3-6(7)5-9-8/h1-11,15H,12H2,(H,20,21);1-5H. The topological polar surface area (TPSA) is 79.6 Å². The van der Waals surface area contributed by atoms with Crippen molar-refractivity contribution in [1.29, 1.82) is 0 Å². The molecule has 1 aliphatic rings. The molecule has 0 saturated carbocycles. The van der Waals surface area contributed by atoms with Gasteiger partial charge in [-0.2, -0.15) is 0 Å². The van der Waals surface area contributed by atoms with Gasteiger partial charge in [-0.05, 0) is 23.8 Å². The number of rotatable bonds is 4. The van der Waals surface area contributed by atoms with E-state index in [4.69, 9.17) is 0 Å². The Kier molecular flexibility index (Phi) is 5.94. The number of nitrogens with zero attached hydrogens (tertiary/aromatic N) is 2. The number of hydrogen-bond donors (Lipinski definition) is 1. The number of hydrogen-bond acceptors (Lipinski definition) is 3. The van der Waals surface area contributed by atoms with Gasteiger partial charge in [0.1, 0.15) is 0 Å². The Balaban J connectivity index is 0.000000192. The Morgan fingerprint density at radius 3 is 2.32 bits per heavy atom. The van der Waals surface area contributed by atoms with E-state index in [1.165, 1.54) is 0 Å². The highest BCUT2D eigenvalue weighted by Gasteiger charge is 2.19. The number of carboxylic acids is 1. The van der Waals surface area contributed by atoms with Crippen LogP contribution in [0.3, 0.4) is 0 Å². The van der Waals surface area contributed by atoms with Crippen LogP contribution in [-0.4, -0.2) is 28.2 Å². The molecule has 0 aliphatic carbocycles. The first kappa shape index (κ1) is 20.2. The molecule has 3 aromatic carbocycles. The number of pyridine rings is 1. The van der Waals surface area contributed by atoms with Crippen molar-refractivity contribution in [1.82, 2.24) is 4.98 Å². The maximum absolute atomic E-state index is 11.2. The minimum Gasteiger partial charge on any atom is -0.481 e. The summed E-state index contributed by atoms with van der Waals surface area (Å²) >= 11 is 0. The van der Waals surface area contributed by atoms with E-state index in [1.54, 1.807) is 12.3 Å². The molecule has 1 aromatic heterocycles. The normalized spacial score (nSPS) is 12.7. The van der Waals surface area contributed by atoms with E-state index in [1.807, 2.05) is 84.9 Å². The number of benzene rings is 3. The third kappa shape index (κ3) is 4.73.